The quantitative estimate of drug-likeness (QED) is 0.560. The molecule has 3 heteroatoms. The van der Waals surface area contributed by atoms with E-state index in [1.54, 1.807) is 13.0 Å². The number of carbonyl (C=O) groups is 1. The van der Waals surface area contributed by atoms with Crippen LogP contribution in [0.1, 0.15) is 18.4 Å². The molecule has 0 aliphatic heterocycles. The van der Waals surface area contributed by atoms with Gasteiger partial charge in [0.2, 0.25) is 0 Å². The Labute approximate surface area is 102 Å². The molecule has 0 bridgehead atoms. The Morgan fingerprint density at radius 2 is 2.06 bits per heavy atom. The largest absolute Gasteiger partial charge is 0.464 e. The Hall–Kier alpha value is -1.61. The summed E-state index contributed by atoms with van der Waals surface area (Å²) in [6, 6.07) is 9.65. The van der Waals surface area contributed by atoms with Gasteiger partial charge in [-0.3, -0.25) is 0 Å². The molecule has 0 aromatic heterocycles. The summed E-state index contributed by atoms with van der Waals surface area (Å²) in [5.74, 6) is -0.552. The van der Waals surface area contributed by atoms with Crippen molar-refractivity contribution in [2.24, 2.45) is 0 Å². The summed E-state index contributed by atoms with van der Waals surface area (Å²) < 4.78 is 10.2. The molecule has 0 fully saturated rings. The highest BCUT2D eigenvalue weighted by molar-refractivity contribution is 5.76. The van der Waals surface area contributed by atoms with Gasteiger partial charge < -0.3 is 9.47 Å². The lowest BCUT2D eigenvalue weighted by molar-refractivity contribution is -0.155. The van der Waals surface area contributed by atoms with E-state index in [1.165, 1.54) is 7.11 Å². The van der Waals surface area contributed by atoms with Gasteiger partial charge in [-0.15, -0.1) is 6.58 Å². The monoisotopic (exact) mass is 234 g/mol. The molecule has 0 saturated carbocycles. The van der Waals surface area contributed by atoms with Crippen molar-refractivity contribution < 1.29 is 14.3 Å². The van der Waals surface area contributed by atoms with Gasteiger partial charge in [-0.1, -0.05) is 36.4 Å². The van der Waals surface area contributed by atoms with E-state index in [0.717, 1.165) is 5.56 Å². The van der Waals surface area contributed by atoms with Crippen molar-refractivity contribution in [1.82, 2.24) is 0 Å². The van der Waals surface area contributed by atoms with E-state index in [9.17, 15) is 4.79 Å². The van der Waals surface area contributed by atoms with E-state index in [0.29, 0.717) is 6.61 Å². The summed E-state index contributed by atoms with van der Waals surface area (Å²) in [6.45, 7) is 5.88. The van der Waals surface area contributed by atoms with E-state index in [4.69, 9.17) is 9.47 Å². The lowest BCUT2D eigenvalue weighted by atomic mass is 9.93. The number of methoxy groups -OCH3 is 1. The Kier molecular flexibility index (Phi) is 5.43. The molecule has 1 aromatic carbocycles. The van der Waals surface area contributed by atoms with Crippen molar-refractivity contribution in [3.05, 3.63) is 48.6 Å². The number of benzene rings is 1. The summed E-state index contributed by atoms with van der Waals surface area (Å²) in [5, 5.41) is 0. The minimum absolute atomic E-state index is 0.194. The highest BCUT2D eigenvalue weighted by atomic mass is 16.6. The molecule has 0 spiro atoms. The van der Waals surface area contributed by atoms with E-state index in [-0.39, 0.29) is 11.9 Å². The van der Waals surface area contributed by atoms with Crippen molar-refractivity contribution >= 4 is 5.97 Å². The third-order valence-electron chi connectivity index (χ3n) is 2.54. The fourth-order valence-electron chi connectivity index (χ4n) is 1.72. The molecule has 2 atom stereocenters. The first kappa shape index (κ1) is 13.5. The normalized spacial score (nSPS) is 13.8. The third kappa shape index (κ3) is 3.43. The molecule has 92 valence electrons. The van der Waals surface area contributed by atoms with Gasteiger partial charge in [0.05, 0.1) is 6.61 Å². The van der Waals surface area contributed by atoms with Crippen molar-refractivity contribution in [3.63, 3.8) is 0 Å². The predicted octanol–water partition coefficient (Wildman–Crippen LogP) is 2.53. The maximum Gasteiger partial charge on any atom is 0.336 e. The third-order valence-corrected chi connectivity index (χ3v) is 2.54. The maximum atomic E-state index is 11.8. The lowest BCUT2D eigenvalue weighted by Gasteiger charge is -2.21. The van der Waals surface area contributed by atoms with E-state index in [2.05, 4.69) is 6.58 Å². The smallest absolute Gasteiger partial charge is 0.336 e. The minimum atomic E-state index is -0.644. The summed E-state index contributed by atoms with van der Waals surface area (Å²) in [4.78, 5) is 11.8. The highest BCUT2D eigenvalue weighted by Gasteiger charge is 2.28. The van der Waals surface area contributed by atoms with Gasteiger partial charge in [0.15, 0.2) is 6.10 Å². The zero-order valence-corrected chi connectivity index (χ0v) is 10.3. The maximum absolute atomic E-state index is 11.8. The van der Waals surface area contributed by atoms with Crippen molar-refractivity contribution in [1.29, 1.82) is 0 Å². The molecule has 17 heavy (non-hydrogen) atoms. The molecule has 1 rings (SSSR count). The van der Waals surface area contributed by atoms with Crippen molar-refractivity contribution in [3.8, 4) is 0 Å². The van der Waals surface area contributed by atoms with Gasteiger partial charge >= 0.3 is 5.97 Å². The molecule has 0 heterocycles. The van der Waals surface area contributed by atoms with E-state index >= 15 is 0 Å². The molecule has 0 aliphatic rings. The van der Waals surface area contributed by atoms with Gasteiger partial charge in [-0.05, 0) is 12.5 Å². The van der Waals surface area contributed by atoms with Crippen LogP contribution >= 0.6 is 0 Å². The first-order valence-corrected chi connectivity index (χ1v) is 5.61. The Bertz CT molecular complexity index is 359. The molecule has 0 radical (unpaired) electrons. The second-order valence-electron chi connectivity index (χ2n) is 3.58. The van der Waals surface area contributed by atoms with Gasteiger partial charge in [0, 0.05) is 13.0 Å². The number of hydrogen-bond donors (Lipinski definition) is 0. The van der Waals surface area contributed by atoms with Crippen LogP contribution in [0.5, 0.6) is 0 Å². The molecule has 0 saturated heterocycles. The number of carbonyl (C=O) groups excluding carboxylic acids is 1. The van der Waals surface area contributed by atoms with Crippen LogP contribution in [0.4, 0.5) is 0 Å². The standard InChI is InChI=1S/C14H18O3/c1-4-12(11-9-7-6-8-10-11)13(16-3)14(15)17-5-2/h4,6-10,12-13H,1,5H2,2-3H3/t12-,13-/m1/s1. The molecule has 1 aromatic rings. The van der Waals surface area contributed by atoms with Crippen LogP contribution in [0.3, 0.4) is 0 Å². The number of hydrogen-bond acceptors (Lipinski definition) is 3. The van der Waals surface area contributed by atoms with Gasteiger partial charge in [-0.2, -0.15) is 0 Å². The fourth-order valence-corrected chi connectivity index (χ4v) is 1.72. The Morgan fingerprint density at radius 3 is 2.53 bits per heavy atom. The summed E-state index contributed by atoms with van der Waals surface area (Å²) in [6.07, 6.45) is 1.07. The van der Waals surface area contributed by atoms with Crippen LogP contribution in [-0.4, -0.2) is 25.8 Å². The second kappa shape index (κ2) is 6.86. The van der Waals surface area contributed by atoms with Crippen LogP contribution in [-0.2, 0) is 14.3 Å². The van der Waals surface area contributed by atoms with Gasteiger partial charge in [0.1, 0.15) is 0 Å². The summed E-state index contributed by atoms with van der Waals surface area (Å²) >= 11 is 0. The van der Waals surface area contributed by atoms with Crippen LogP contribution in [0, 0.1) is 0 Å². The molecular weight excluding hydrogens is 216 g/mol. The van der Waals surface area contributed by atoms with Crippen LogP contribution in [0.2, 0.25) is 0 Å². The number of rotatable bonds is 6. The van der Waals surface area contributed by atoms with E-state index in [1.807, 2.05) is 30.3 Å². The van der Waals surface area contributed by atoms with Crippen LogP contribution in [0.15, 0.2) is 43.0 Å². The van der Waals surface area contributed by atoms with Crippen LogP contribution < -0.4 is 0 Å². The van der Waals surface area contributed by atoms with Crippen molar-refractivity contribution in [2.45, 2.75) is 18.9 Å². The van der Waals surface area contributed by atoms with Gasteiger partial charge in [0.25, 0.3) is 0 Å². The Balaban J connectivity index is 2.91. The van der Waals surface area contributed by atoms with Crippen molar-refractivity contribution in [2.75, 3.05) is 13.7 Å². The fraction of sp³-hybridized carbons (Fsp3) is 0.357. The number of esters is 1. The first-order valence-electron chi connectivity index (χ1n) is 5.61. The zero-order chi connectivity index (χ0) is 12.7. The second-order valence-corrected chi connectivity index (χ2v) is 3.58. The number of ether oxygens (including phenoxy) is 2. The van der Waals surface area contributed by atoms with Crippen LogP contribution in [0.25, 0.3) is 0 Å². The highest BCUT2D eigenvalue weighted by Crippen LogP contribution is 2.23. The molecular formula is C14H18O3. The minimum Gasteiger partial charge on any atom is -0.464 e. The Morgan fingerprint density at radius 1 is 1.41 bits per heavy atom. The molecule has 0 unspecified atom stereocenters. The SMILES string of the molecule is C=C[C@H](c1ccccc1)[C@@H](OC)C(=O)OCC. The lowest BCUT2D eigenvalue weighted by Crippen LogP contribution is -2.31. The molecule has 0 N–H and O–H groups in total. The molecule has 3 nitrogen and oxygen atoms in total. The van der Waals surface area contributed by atoms with E-state index < -0.39 is 6.10 Å². The topological polar surface area (TPSA) is 35.5 Å². The van der Waals surface area contributed by atoms with Gasteiger partial charge in [-0.25, -0.2) is 4.79 Å². The summed E-state index contributed by atoms with van der Waals surface area (Å²) in [7, 11) is 1.50. The average Bonchev–Trinajstić information content (AvgIpc) is 2.37. The first-order chi connectivity index (χ1) is 8.24. The molecule has 0 amide bonds. The average molecular weight is 234 g/mol. The zero-order valence-electron chi connectivity index (χ0n) is 10.3. The summed E-state index contributed by atoms with van der Waals surface area (Å²) in [5.41, 5.74) is 0.988. The molecule has 0 aliphatic carbocycles. The predicted molar refractivity (Wildman–Crippen MR) is 66.8 cm³/mol.